The van der Waals surface area contributed by atoms with Gasteiger partial charge >= 0.3 is 0 Å². The van der Waals surface area contributed by atoms with Crippen molar-refractivity contribution in [3.05, 3.63) is 48.3 Å². The lowest BCUT2D eigenvalue weighted by Gasteiger charge is -2.11. The summed E-state index contributed by atoms with van der Waals surface area (Å²) >= 11 is 1.63. The lowest BCUT2D eigenvalue weighted by Crippen LogP contribution is -2.22. The number of rotatable bonds is 10. The second kappa shape index (κ2) is 10.5. The van der Waals surface area contributed by atoms with Crippen LogP contribution in [0.5, 0.6) is 0 Å². The number of hydrogen-bond donors (Lipinski definition) is 1. The first-order chi connectivity index (χ1) is 15.3. The lowest BCUT2D eigenvalue weighted by molar-refractivity contribution is -0.116. The Morgan fingerprint density at radius 2 is 1.97 bits per heavy atom. The van der Waals surface area contributed by atoms with Crippen molar-refractivity contribution in [3.8, 4) is 0 Å². The highest BCUT2D eigenvalue weighted by Gasteiger charge is 2.20. The number of aryl methyl sites for hydroxylation is 2. The van der Waals surface area contributed by atoms with E-state index < -0.39 is 10.0 Å². The van der Waals surface area contributed by atoms with Crippen molar-refractivity contribution in [2.75, 3.05) is 25.7 Å². The summed E-state index contributed by atoms with van der Waals surface area (Å²) < 4.78 is 28.3. The molecule has 1 N–H and O–H groups in total. The molecule has 3 rings (SSSR count). The first-order valence-electron chi connectivity index (χ1n) is 10.6. The molecule has 0 aliphatic rings. The van der Waals surface area contributed by atoms with Crippen LogP contribution in [0.25, 0.3) is 11.0 Å². The number of nitrogens with one attached hydrogen (secondary N) is 1. The number of nitrogens with zero attached hydrogens (tertiary/aromatic N) is 3. The smallest absolute Gasteiger partial charge is 0.242 e. The van der Waals surface area contributed by atoms with E-state index in [2.05, 4.69) is 16.8 Å². The highest BCUT2D eigenvalue weighted by atomic mass is 32.2. The van der Waals surface area contributed by atoms with Gasteiger partial charge in [-0.05, 0) is 49.1 Å². The molecule has 2 aromatic carbocycles. The molecule has 0 unspecified atom stereocenters. The molecule has 0 bridgehead atoms. The van der Waals surface area contributed by atoms with Gasteiger partial charge in [-0.2, -0.15) is 0 Å². The maximum absolute atomic E-state index is 12.5. The Balaban J connectivity index is 1.83. The van der Waals surface area contributed by atoms with Gasteiger partial charge in [-0.3, -0.25) is 4.79 Å². The molecule has 0 radical (unpaired) electrons. The zero-order valence-corrected chi connectivity index (χ0v) is 20.6. The fourth-order valence-corrected chi connectivity index (χ4v) is 4.82. The predicted molar refractivity (Wildman–Crippen MR) is 131 cm³/mol. The van der Waals surface area contributed by atoms with Gasteiger partial charge < -0.3 is 9.88 Å². The normalized spacial score (nSPS) is 11.9. The average molecular weight is 475 g/mol. The molecule has 9 heteroatoms. The van der Waals surface area contributed by atoms with E-state index in [4.69, 9.17) is 4.98 Å². The molecular weight excluding hydrogens is 444 g/mol. The molecule has 7 nitrogen and oxygen atoms in total. The van der Waals surface area contributed by atoms with Crippen molar-refractivity contribution in [2.24, 2.45) is 0 Å². The van der Waals surface area contributed by atoms with Gasteiger partial charge in [0.05, 0.1) is 15.9 Å². The van der Waals surface area contributed by atoms with Gasteiger partial charge in [0.2, 0.25) is 15.9 Å². The van der Waals surface area contributed by atoms with Crippen LogP contribution in [0.15, 0.2) is 52.3 Å². The van der Waals surface area contributed by atoms with Crippen LogP contribution in [0.3, 0.4) is 0 Å². The van der Waals surface area contributed by atoms with E-state index in [-0.39, 0.29) is 10.8 Å². The van der Waals surface area contributed by atoms with Crippen LogP contribution in [-0.4, -0.2) is 48.5 Å². The van der Waals surface area contributed by atoms with Crippen molar-refractivity contribution in [1.82, 2.24) is 13.9 Å². The molecule has 0 aliphatic carbocycles. The Bertz CT molecular complexity index is 1200. The Morgan fingerprint density at radius 3 is 2.66 bits per heavy atom. The number of benzene rings is 2. The maximum atomic E-state index is 12.5. The summed E-state index contributed by atoms with van der Waals surface area (Å²) in [7, 11) is -0.512. The molecular formula is C23H30N4O3S2. The molecule has 0 aliphatic heterocycles. The topological polar surface area (TPSA) is 84.3 Å². The van der Waals surface area contributed by atoms with Crippen LogP contribution in [0.4, 0.5) is 5.69 Å². The van der Waals surface area contributed by atoms with Crippen LogP contribution in [0.1, 0.15) is 32.0 Å². The number of hydrogen-bond acceptors (Lipinski definition) is 5. The molecule has 172 valence electrons. The van der Waals surface area contributed by atoms with Gasteiger partial charge in [-0.25, -0.2) is 17.7 Å². The third-order valence-electron chi connectivity index (χ3n) is 5.24. The van der Waals surface area contributed by atoms with E-state index in [1.807, 2.05) is 36.6 Å². The number of carbonyl (C=O) groups is 1. The summed E-state index contributed by atoms with van der Waals surface area (Å²) in [5, 5.41) is 2.95. The van der Waals surface area contributed by atoms with E-state index >= 15 is 0 Å². The first kappa shape index (κ1) is 24.3. The zero-order chi connectivity index (χ0) is 23.3. The van der Waals surface area contributed by atoms with Gasteiger partial charge in [-0.15, -0.1) is 11.8 Å². The Kier molecular flexibility index (Phi) is 7.97. The van der Waals surface area contributed by atoms with E-state index in [0.29, 0.717) is 18.4 Å². The fraction of sp³-hybridized carbons (Fsp3) is 0.391. The van der Waals surface area contributed by atoms with E-state index in [1.54, 1.807) is 23.9 Å². The van der Waals surface area contributed by atoms with E-state index in [0.717, 1.165) is 41.3 Å². The van der Waals surface area contributed by atoms with Crippen LogP contribution in [-0.2, 0) is 27.8 Å². The minimum absolute atomic E-state index is 0.0757. The number of anilines is 1. The maximum Gasteiger partial charge on any atom is 0.242 e. The Morgan fingerprint density at radius 1 is 1.19 bits per heavy atom. The van der Waals surface area contributed by atoms with Gasteiger partial charge in [0.25, 0.3) is 0 Å². The highest BCUT2D eigenvalue weighted by molar-refractivity contribution is 7.98. The fourth-order valence-electron chi connectivity index (χ4n) is 3.44. The summed E-state index contributed by atoms with van der Waals surface area (Å²) in [6.45, 7) is 2.90. The van der Waals surface area contributed by atoms with Gasteiger partial charge in [0.1, 0.15) is 5.82 Å². The number of aromatic nitrogens is 2. The number of carbonyl (C=O) groups excluding carboxylic acids is 1. The van der Waals surface area contributed by atoms with Crippen LogP contribution >= 0.6 is 11.8 Å². The molecule has 1 amide bonds. The number of fused-ring (bicyclic) bond motifs is 1. The second-order valence-electron chi connectivity index (χ2n) is 7.75. The van der Waals surface area contributed by atoms with Crippen LogP contribution in [0, 0.1) is 0 Å². The number of amides is 1. The summed E-state index contributed by atoms with van der Waals surface area (Å²) in [5.41, 5.74) is 2.30. The van der Waals surface area contributed by atoms with Crippen LogP contribution in [0.2, 0.25) is 0 Å². The molecule has 0 atom stereocenters. The Labute approximate surface area is 194 Å². The van der Waals surface area contributed by atoms with Crippen molar-refractivity contribution in [2.45, 2.75) is 48.9 Å². The molecule has 0 saturated carbocycles. The van der Waals surface area contributed by atoms with Gasteiger partial charge in [0, 0.05) is 44.1 Å². The number of thioether (sulfide) groups is 1. The van der Waals surface area contributed by atoms with Crippen molar-refractivity contribution >= 4 is 44.4 Å². The van der Waals surface area contributed by atoms with E-state index in [1.165, 1.54) is 18.4 Å². The quantitative estimate of drug-likeness (QED) is 0.441. The Hall–Kier alpha value is -2.36. The number of sulfonamides is 1. The monoisotopic (exact) mass is 474 g/mol. The molecule has 32 heavy (non-hydrogen) atoms. The summed E-state index contributed by atoms with van der Waals surface area (Å²) in [5.74, 6) is 0.717. The average Bonchev–Trinajstić information content (AvgIpc) is 3.12. The van der Waals surface area contributed by atoms with Crippen molar-refractivity contribution in [3.63, 3.8) is 0 Å². The van der Waals surface area contributed by atoms with Crippen LogP contribution < -0.4 is 5.32 Å². The lowest BCUT2D eigenvalue weighted by atomic mass is 10.2. The second-order valence-corrected chi connectivity index (χ2v) is 10.8. The summed E-state index contributed by atoms with van der Waals surface area (Å²) in [4.78, 5) is 18.6. The SMILES string of the molecule is CCCCn1c(CCC(=O)Nc2cccc(SC)c2)nc2cc(S(=O)(=O)N(C)C)ccc21. The molecule has 1 aromatic heterocycles. The highest BCUT2D eigenvalue weighted by Crippen LogP contribution is 2.24. The van der Waals surface area contributed by atoms with E-state index in [9.17, 15) is 13.2 Å². The summed E-state index contributed by atoms with van der Waals surface area (Å²) in [6.07, 6.45) is 4.77. The number of imidazole rings is 1. The number of unbranched alkanes of at least 4 members (excludes halogenated alkanes) is 1. The molecule has 0 fully saturated rings. The predicted octanol–water partition coefficient (Wildman–Crippen LogP) is 4.38. The molecule has 0 saturated heterocycles. The third kappa shape index (κ3) is 5.51. The van der Waals surface area contributed by atoms with Gasteiger partial charge in [-0.1, -0.05) is 19.4 Å². The summed E-state index contributed by atoms with van der Waals surface area (Å²) in [6, 6.07) is 12.8. The standard InChI is InChI=1S/C23H30N4O3S2/c1-5-6-14-27-21-11-10-19(32(29,30)26(2)3)16-20(21)25-22(27)12-13-23(28)24-17-8-7-9-18(15-17)31-4/h7-11,15-16H,5-6,12-14H2,1-4H3,(H,24,28). The first-order valence-corrected chi connectivity index (χ1v) is 13.3. The van der Waals surface area contributed by atoms with Crippen molar-refractivity contribution in [1.29, 1.82) is 0 Å². The molecule has 0 spiro atoms. The molecule has 3 aromatic rings. The molecule has 1 heterocycles. The van der Waals surface area contributed by atoms with Crippen molar-refractivity contribution < 1.29 is 13.2 Å². The van der Waals surface area contributed by atoms with Gasteiger partial charge in [0.15, 0.2) is 0 Å². The zero-order valence-electron chi connectivity index (χ0n) is 19.0. The largest absolute Gasteiger partial charge is 0.328 e. The third-order valence-corrected chi connectivity index (χ3v) is 7.78. The minimum atomic E-state index is -3.54. The minimum Gasteiger partial charge on any atom is -0.328 e.